The molecular formula is C19H18FNO3. The Hall–Kier alpha value is -2.95. The van der Waals surface area contributed by atoms with Crippen LogP contribution in [0.4, 0.5) is 10.1 Å². The average molecular weight is 327 g/mol. The van der Waals surface area contributed by atoms with Gasteiger partial charge in [-0.3, -0.25) is 4.79 Å². The zero-order valence-electron chi connectivity index (χ0n) is 13.5. The van der Waals surface area contributed by atoms with Crippen LogP contribution in [0.15, 0.2) is 48.5 Å². The molecular weight excluding hydrogens is 309 g/mol. The summed E-state index contributed by atoms with van der Waals surface area (Å²) in [6, 6.07) is 10.8. The second-order valence-electron chi connectivity index (χ2n) is 5.07. The largest absolute Gasteiger partial charge is 0.462 e. The molecule has 4 nitrogen and oxygen atoms in total. The lowest BCUT2D eigenvalue weighted by atomic mass is 10.1. The van der Waals surface area contributed by atoms with E-state index in [0.717, 1.165) is 0 Å². The van der Waals surface area contributed by atoms with Gasteiger partial charge >= 0.3 is 5.97 Å². The van der Waals surface area contributed by atoms with Gasteiger partial charge in [-0.1, -0.05) is 18.2 Å². The molecule has 0 fully saturated rings. The summed E-state index contributed by atoms with van der Waals surface area (Å²) in [5.41, 5.74) is 2.30. The number of ether oxygens (including phenoxy) is 1. The Kier molecular flexibility index (Phi) is 5.84. The summed E-state index contributed by atoms with van der Waals surface area (Å²) in [5, 5.41) is 2.72. The van der Waals surface area contributed by atoms with Crippen LogP contribution in [-0.2, 0) is 9.53 Å². The van der Waals surface area contributed by atoms with Crippen molar-refractivity contribution in [1.82, 2.24) is 0 Å². The third kappa shape index (κ3) is 4.52. The van der Waals surface area contributed by atoms with Gasteiger partial charge < -0.3 is 10.1 Å². The SMILES string of the molecule is CCOC(=O)c1cccc(NC(=O)/C=C/c2ccc(F)cc2)c1C. The molecule has 0 aliphatic carbocycles. The van der Waals surface area contributed by atoms with Gasteiger partial charge in [-0.15, -0.1) is 0 Å². The minimum atomic E-state index is -0.423. The Bertz CT molecular complexity index is 767. The summed E-state index contributed by atoms with van der Waals surface area (Å²) >= 11 is 0. The van der Waals surface area contributed by atoms with E-state index in [1.165, 1.54) is 18.2 Å². The molecule has 0 heterocycles. The zero-order valence-corrected chi connectivity index (χ0v) is 13.5. The molecule has 1 N–H and O–H groups in total. The first kappa shape index (κ1) is 17.4. The molecule has 124 valence electrons. The lowest BCUT2D eigenvalue weighted by Gasteiger charge is -2.10. The molecule has 2 aromatic carbocycles. The second kappa shape index (κ2) is 8.06. The normalized spacial score (nSPS) is 10.6. The summed E-state index contributed by atoms with van der Waals surface area (Å²) in [4.78, 5) is 23.9. The van der Waals surface area contributed by atoms with Gasteiger partial charge in [0.15, 0.2) is 0 Å². The number of hydrogen-bond donors (Lipinski definition) is 1. The number of amides is 1. The topological polar surface area (TPSA) is 55.4 Å². The van der Waals surface area contributed by atoms with E-state index < -0.39 is 5.97 Å². The number of carbonyl (C=O) groups is 2. The number of nitrogens with one attached hydrogen (secondary N) is 1. The summed E-state index contributed by atoms with van der Waals surface area (Å²) in [5.74, 6) is -1.10. The first-order chi connectivity index (χ1) is 11.5. The first-order valence-electron chi connectivity index (χ1n) is 7.52. The van der Waals surface area contributed by atoms with Crippen LogP contribution < -0.4 is 5.32 Å². The monoisotopic (exact) mass is 327 g/mol. The van der Waals surface area contributed by atoms with Crippen LogP contribution in [0.25, 0.3) is 6.08 Å². The fourth-order valence-electron chi connectivity index (χ4n) is 2.12. The number of benzene rings is 2. The van der Waals surface area contributed by atoms with Crippen molar-refractivity contribution >= 4 is 23.6 Å². The van der Waals surface area contributed by atoms with Crippen molar-refractivity contribution < 1.29 is 18.7 Å². The van der Waals surface area contributed by atoms with Gasteiger partial charge in [0.05, 0.1) is 12.2 Å². The maximum absolute atomic E-state index is 12.8. The van der Waals surface area contributed by atoms with Crippen LogP contribution >= 0.6 is 0 Å². The maximum atomic E-state index is 12.8. The van der Waals surface area contributed by atoms with Crippen molar-refractivity contribution in [1.29, 1.82) is 0 Å². The van der Waals surface area contributed by atoms with Gasteiger partial charge in [0.1, 0.15) is 5.82 Å². The molecule has 0 saturated carbocycles. The molecule has 0 bridgehead atoms. The van der Waals surface area contributed by atoms with Crippen molar-refractivity contribution in [2.45, 2.75) is 13.8 Å². The van der Waals surface area contributed by atoms with Gasteiger partial charge in [0.2, 0.25) is 5.91 Å². The summed E-state index contributed by atoms with van der Waals surface area (Å²) < 4.78 is 17.8. The maximum Gasteiger partial charge on any atom is 0.338 e. The van der Waals surface area contributed by atoms with Crippen LogP contribution in [0, 0.1) is 12.7 Å². The lowest BCUT2D eigenvalue weighted by Crippen LogP contribution is -2.12. The van der Waals surface area contributed by atoms with Crippen LogP contribution in [0.5, 0.6) is 0 Å². The van der Waals surface area contributed by atoms with Crippen molar-refractivity contribution in [2.75, 3.05) is 11.9 Å². The fourth-order valence-corrected chi connectivity index (χ4v) is 2.12. The van der Waals surface area contributed by atoms with Crippen LogP contribution in [0.1, 0.15) is 28.4 Å². The van der Waals surface area contributed by atoms with E-state index in [1.54, 1.807) is 50.3 Å². The zero-order chi connectivity index (χ0) is 17.5. The number of rotatable bonds is 5. The number of hydrogen-bond acceptors (Lipinski definition) is 3. The van der Waals surface area contributed by atoms with Crippen LogP contribution in [0.2, 0.25) is 0 Å². The first-order valence-corrected chi connectivity index (χ1v) is 7.52. The Morgan fingerprint density at radius 1 is 1.17 bits per heavy atom. The highest BCUT2D eigenvalue weighted by Gasteiger charge is 2.13. The van der Waals surface area contributed by atoms with Crippen molar-refractivity contribution in [3.8, 4) is 0 Å². The summed E-state index contributed by atoms with van der Waals surface area (Å²) in [6.45, 7) is 3.76. The fraction of sp³-hybridized carbons (Fsp3) is 0.158. The van der Waals surface area contributed by atoms with E-state index in [4.69, 9.17) is 4.74 Å². The molecule has 5 heteroatoms. The molecule has 0 aliphatic heterocycles. The highest BCUT2D eigenvalue weighted by atomic mass is 19.1. The van der Waals surface area contributed by atoms with E-state index in [9.17, 15) is 14.0 Å². The standard InChI is InChI=1S/C19H18FNO3/c1-3-24-19(23)16-5-4-6-17(13(16)2)21-18(22)12-9-14-7-10-15(20)11-8-14/h4-12H,3H2,1-2H3,(H,21,22)/b12-9+. The number of halogens is 1. The molecule has 0 saturated heterocycles. The van der Waals surface area contributed by atoms with Gasteiger partial charge in [-0.2, -0.15) is 0 Å². The lowest BCUT2D eigenvalue weighted by molar-refractivity contribution is -0.111. The van der Waals surface area contributed by atoms with E-state index in [1.807, 2.05) is 0 Å². The molecule has 0 spiro atoms. The van der Waals surface area contributed by atoms with Gasteiger partial charge in [0, 0.05) is 11.8 Å². The molecule has 0 aromatic heterocycles. The molecule has 24 heavy (non-hydrogen) atoms. The van der Waals surface area contributed by atoms with Crippen molar-refractivity contribution in [3.05, 3.63) is 71.0 Å². The smallest absolute Gasteiger partial charge is 0.338 e. The Labute approximate surface area is 140 Å². The van der Waals surface area contributed by atoms with Crippen molar-refractivity contribution in [2.24, 2.45) is 0 Å². The number of esters is 1. The molecule has 0 radical (unpaired) electrons. The molecule has 2 aromatic rings. The predicted molar refractivity (Wildman–Crippen MR) is 91.2 cm³/mol. The van der Waals surface area contributed by atoms with E-state index >= 15 is 0 Å². The van der Waals surface area contributed by atoms with Gasteiger partial charge in [-0.25, -0.2) is 9.18 Å². The van der Waals surface area contributed by atoms with Crippen LogP contribution in [-0.4, -0.2) is 18.5 Å². The average Bonchev–Trinajstić information content (AvgIpc) is 2.56. The Morgan fingerprint density at radius 2 is 1.88 bits per heavy atom. The molecule has 0 unspecified atom stereocenters. The highest BCUT2D eigenvalue weighted by molar-refractivity contribution is 6.03. The van der Waals surface area contributed by atoms with Gasteiger partial charge in [0.25, 0.3) is 0 Å². The Morgan fingerprint density at radius 3 is 2.54 bits per heavy atom. The van der Waals surface area contributed by atoms with E-state index in [0.29, 0.717) is 22.4 Å². The molecule has 0 aliphatic rings. The molecule has 1 amide bonds. The number of anilines is 1. The Balaban J connectivity index is 2.10. The van der Waals surface area contributed by atoms with Crippen molar-refractivity contribution in [3.63, 3.8) is 0 Å². The summed E-state index contributed by atoms with van der Waals surface area (Å²) in [6.07, 6.45) is 2.93. The molecule has 0 atom stereocenters. The summed E-state index contributed by atoms with van der Waals surface area (Å²) in [7, 11) is 0. The third-order valence-electron chi connectivity index (χ3n) is 3.38. The predicted octanol–water partition coefficient (Wildman–Crippen LogP) is 3.96. The highest BCUT2D eigenvalue weighted by Crippen LogP contribution is 2.20. The molecule has 2 rings (SSSR count). The van der Waals surface area contributed by atoms with E-state index in [2.05, 4.69) is 5.32 Å². The van der Waals surface area contributed by atoms with E-state index in [-0.39, 0.29) is 18.3 Å². The third-order valence-corrected chi connectivity index (χ3v) is 3.38. The van der Waals surface area contributed by atoms with Crippen LogP contribution in [0.3, 0.4) is 0 Å². The van der Waals surface area contributed by atoms with Gasteiger partial charge in [-0.05, 0) is 55.3 Å². The minimum Gasteiger partial charge on any atom is -0.462 e. The quantitative estimate of drug-likeness (QED) is 0.668. The minimum absolute atomic E-state index is 0.287. The second-order valence-corrected chi connectivity index (χ2v) is 5.07. The number of carbonyl (C=O) groups excluding carboxylic acids is 2.